The molecular weight excluding hydrogens is 1070 g/mol. The van der Waals surface area contributed by atoms with Crippen LogP contribution in [0, 0.1) is 11.8 Å². The molecule has 0 aromatic rings. The van der Waals surface area contributed by atoms with Crippen LogP contribution in [0.5, 0.6) is 0 Å². The maximum absolute atomic E-state index is 12.9. The van der Waals surface area contributed by atoms with Gasteiger partial charge in [-0.3, -0.25) is 37.3 Å². The Balaban J connectivity index is 5.23. The molecule has 0 radical (unpaired) electrons. The third kappa shape index (κ3) is 54.0. The highest BCUT2D eigenvalue weighted by Gasteiger charge is 2.30. The van der Waals surface area contributed by atoms with Crippen molar-refractivity contribution in [3.8, 4) is 0 Å². The third-order valence-electron chi connectivity index (χ3n) is 14.3. The Morgan fingerprint density at radius 2 is 0.637 bits per heavy atom. The summed E-state index contributed by atoms with van der Waals surface area (Å²) in [7, 11) is -9.88. The molecule has 0 spiro atoms. The molecular formula is C61H118O17P2. The van der Waals surface area contributed by atoms with E-state index >= 15 is 0 Å². The Morgan fingerprint density at radius 1 is 0.362 bits per heavy atom. The quantitative estimate of drug-likeness (QED) is 0.0222. The first kappa shape index (κ1) is 78.1. The molecule has 0 bridgehead atoms. The van der Waals surface area contributed by atoms with Crippen LogP contribution in [0.2, 0.25) is 0 Å². The second kappa shape index (κ2) is 53.8. The van der Waals surface area contributed by atoms with E-state index in [-0.39, 0.29) is 25.7 Å². The van der Waals surface area contributed by atoms with Crippen LogP contribution >= 0.6 is 15.6 Å². The predicted molar refractivity (Wildman–Crippen MR) is 317 cm³/mol. The summed E-state index contributed by atoms with van der Waals surface area (Å²) in [4.78, 5) is 72.0. The maximum atomic E-state index is 12.9. The molecule has 0 amide bonds. The van der Waals surface area contributed by atoms with Crippen molar-refractivity contribution in [2.45, 2.75) is 317 Å². The van der Waals surface area contributed by atoms with E-state index in [1.54, 1.807) is 0 Å². The van der Waals surface area contributed by atoms with Gasteiger partial charge in [0.15, 0.2) is 12.2 Å². The van der Waals surface area contributed by atoms with Crippen LogP contribution in [0.1, 0.15) is 298 Å². The highest BCUT2D eigenvalue weighted by Crippen LogP contribution is 2.45. The van der Waals surface area contributed by atoms with Gasteiger partial charge in [0.1, 0.15) is 19.3 Å². The highest BCUT2D eigenvalue weighted by molar-refractivity contribution is 7.47. The lowest BCUT2D eigenvalue weighted by Gasteiger charge is -2.21. The first-order valence-corrected chi connectivity index (χ1v) is 35.0. The van der Waals surface area contributed by atoms with E-state index in [1.807, 2.05) is 0 Å². The first-order chi connectivity index (χ1) is 38.4. The van der Waals surface area contributed by atoms with Gasteiger partial charge >= 0.3 is 39.5 Å². The summed E-state index contributed by atoms with van der Waals surface area (Å²) in [6, 6.07) is 0. The number of phosphoric ester groups is 2. The van der Waals surface area contributed by atoms with Gasteiger partial charge in [0.2, 0.25) is 0 Å². The average molecular weight is 1190 g/mol. The van der Waals surface area contributed by atoms with Crippen LogP contribution in [0.4, 0.5) is 0 Å². The molecule has 19 heteroatoms. The molecule has 0 saturated carbocycles. The summed E-state index contributed by atoms with van der Waals surface area (Å²) < 4.78 is 67.8. The zero-order valence-electron chi connectivity index (χ0n) is 51.4. The van der Waals surface area contributed by atoms with Gasteiger partial charge in [-0.15, -0.1) is 0 Å². The molecule has 0 fully saturated rings. The van der Waals surface area contributed by atoms with Crippen molar-refractivity contribution < 1.29 is 80.2 Å². The molecule has 0 rings (SSSR count). The van der Waals surface area contributed by atoms with Crippen molar-refractivity contribution >= 4 is 39.5 Å². The average Bonchev–Trinajstić information content (AvgIpc) is 3.42. The largest absolute Gasteiger partial charge is 0.472 e. The van der Waals surface area contributed by atoms with Crippen LogP contribution in [-0.2, 0) is 65.4 Å². The monoisotopic (exact) mass is 1180 g/mol. The highest BCUT2D eigenvalue weighted by atomic mass is 31.2. The zero-order chi connectivity index (χ0) is 59.4. The van der Waals surface area contributed by atoms with Gasteiger partial charge < -0.3 is 33.8 Å². The normalized spacial score (nSPS) is 14.7. The third-order valence-corrected chi connectivity index (χ3v) is 16.2. The van der Waals surface area contributed by atoms with Gasteiger partial charge in [0.25, 0.3) is 0 Å². The molecule has 0 saturated heterocycles. The van der Waals surface area contributed by atoms with Crippen LogP contribution in [0.25, 0.3) is 0 Å². The Labute approximate surface area is 486 Å². The van der Waals surface area contributed by atoms with Crippen molar-refractivity contribution in [1.29, 1.82) is 0 Å². The van der Waals surface area contributed by atoms with Crippen molar-refractivity contribution in [3.63, 3.8) is 0 Å². The van der Waals surface area contributed by atoms with E-state index in [1.165, 1.54) is 109 Å². The van der Waals surface area contributed by atoms with E-state index in [9.17, 15) is 43.2 Å². The Hall–Kier alpha value is -1.94. The number of unbranched alkanes of at least 4 members (excludes halogenated alkanes) is 29. The Kier molecular flexibility index (Phi) is 52.5. The lowest BCUT2D eigenvalue weighted by molar-refractivity contribution is -0.161. The summed E-state index contributed by atoms with van der Waals surface area (Å²) >= 11 is 0. The van der Waals surface area contributed by atoms with Crippen LogP contribution in [-0.4, -0.2) is 96.7 Å². The van der Waals surface area contributed by atoms with Gasteiger partial charge in [-0.05, 0) is 37.5 Å². The molecule has 0 aliphatic rings. The summed E-state index contributed by atoms with van der Waals surface area (Å²) in [6.45, 7) is 9.34. The standard InChI is InChI=1S/C61H118O17P2/c1-7-10-12-14-16-18-19-20-25-32-38-44-59(64)72-49-56(77-60(65)45-39-33-26-22-21-23-30-36-42-54(6)9-3)51-75-79(67,68)73-47-55(62)48-74-80(69,70)76-52-57(50-71-58(63)43-37-31-24-17-15-13-11-8-2)78-61(66)46-40-34-28-27-29-35-41-53(4)5/h53-57,62H,7-52H2,1-6H3,(H,67,68)(H,69,70)/t54?,55-,56-,57-/m1/s1. The number of rotatable bonds is 60. The SMILES string of the molecule is CCCCCCCCCCCCCC(=O)OC[C@H](COP(=O)(O)OC[C@@H](O)COP(=O)(O)OC[C@@H](COC(=O)CCCCCCCCCC)OC(=O)CCCCCCCCC(C)C)OC(=O)CCCCCCCCCCC(C)CC. The van der Waals surface area contributed by atoms with Gasteiger partial charge in [0, 0.05) is 25.7 Å². The predicted octanol–water partition coefficient (Wildman–Crippen LogP) is 16.5. The molecule has 3 unspecified atom stereocenters. The molecule has 0 aromatic heterocycles. The van der Waals surface area contributed by atoms with Crippen molar-refractivity contribution in [1.82, 2.24) is 0 Å². The summed E-state index contributed by atoms with van der Waals surface area (Å²) in [5.74, 6) is -0.706. The number of carbonyl (C=O) groups is 4. The number of aliphatic hydroxyl groups is 1. The van der Waals surface area contributed by atoms with Gasteiger partial charge in [-0.1, -0.05) is 247 Å². The molecule has 0 aliphatic heterocycles. The van der Waals surface area contributed by atoms with Gasteiger partial charge in [-0.2, -0.15) is 0 Å². The molecule has 474 valence electrons. The lowest BCUT2D eigenvalue weighted by Crippen LogP contribution is -2.30. The fourth-order valence-corrected chi connectivity index (χ4v) is 10.5. The number of esters is 4. The van der Waals surface area contributed by atoms with Gasteiger partial charge in [-0.25, -0.2) is 9.13 Å². The van der Waals surface area contributed by atoms with E-state index in [0.717, 1.165) is 102 Å². The molecule has 0 aliphatic carbocycles. The van der Waals surface area contributed by atoms with Gasteiger partial charge in [0.05, 0.1) is 26.4 Å². The molecule has 3 N–H and O–H groups in total. The number of carbonyl (C=O) groups excluding carboxylic acids is 4. The van der Waals surface area contributed by atoms with Crippen molar-refractivity contribution in [2.75, 3.05) is 39.6 Å². The minimum Gasteiger partial charge on any atom is -0.462 e. The first-order valence-electron chi connectivity index (χ1n) is 32.0. The number of aliphatic hydroxyl groups excluding tert-OH is 1. The minimum atomic E-state index is -4.94. The summed E-state index contributed by atoms with van der Waals surface area (Å²) in [6.07, 6.45) is 34.9. The lowest BCUT2D eigenvalue weighted by atomic mass is 9.99. The fraction of sp³-hybridized carbons (Fsp3) is 0.934. The Morgan fingerprint density at radius 3 is 0.950 bits per heavy atom. The van der Waals surface area contributed by atoms with Crippen molar-refractivity contribution in [3.05, 3.63) is 0 Å². The number of hydrogen-bond donors (Lipinski definition) is 3. The van der Waals surface area contributed by atoms with Crippen LogP contribution in [0.15, 0.2) is 0 Å². The van der Waals surface area contributed by atoms with E-state index in [2.05, 4.69) is 41.5 Å². The summed E-state index contributed by atoms with van der Waals surface area (Å²) in [5, 5.41) is 10.5. The molecule has 0 heterocycles. The fourth-order valence-electron chi connectivity index (χ4n) is 8.97. The topological polar surface area (TPSA) is 237 Å². The summed E-state index contributed by atoms with van der Waals surface area (Å²) in [5.41, 5.74) is 0. The molecule has 6 atom stereocenters. The number of phosphoric acid groups is 2. The van der Waals surface area contributed by atoms with E-state index < -0.39 is 97.5 Å². The Bertz CT molecular complexity index is 1580. The zero-order valence-corrected chi connectivity index (χ0v) is 53.2. The molecule has 0 aromatic carbocycles. The number of ether oxygens (including phenoxy) is 4. The van der Waals surface area contributed by atoms with E-state index in [4.69, 9.17) is 37.0 Å². The van der Waals surface area contributed by atoms with Crippen LogP contribution in [0.3, 0.4) is 0 Å². The number of hydrogen-bond acceptors (Lipinski definition) is 15. The second-order valence-corrected chi connectivity index (χ2v) is 25.7. The van der Waals surface area contributed by atoms with Crippen molar-refractivity contribution in [2.24, 2.45) is 11.8 Å². The minimum absolute atomic E-state index is 0.102. The van der Waals surface area contributed by atoms with Crippen LogP contribution < -0.4 is 0 Å². The molecule has 80 heavy (non-hydrogen) atoms. The smallest absolute Gasteiger partial charge is 0.462 e. The maximum Gasteiger partial charge on any atom is 0.472 e. The van der Waals surface area contributed by atoms with E-state index in [0.29, 0.717) is 31.6 Å². The second-order valence-electron chi connectivity index (χ2n) is 22.8. The molecule has 17 nitrogen and oxygen atoms in total.